The molecule has 0 aromatic heterocycles. The van der Waals surface area contributed by atoms with Gasteiger partial charge in [-0.3, -0.25) is 4.79 Å². The number of hydrogen-bond donors (Lipinski definition) is 2. The number of hydrogen-bond acceptors (Lipinski definition) is 6. The van der Waals surface area contributed by atoms with Gasteiger partial charge in [0.1, 0.15) is 25.4 Å². The van der Waals surface area contributed by atoms with Gasteiger partial charge in [-0.15, -0.1) is 0 Å². The van der Waals surface area contributed by atoms with Gasteiger partial charge < -0.3 is 19.7 Å². The Bertz CT molecular complexity index is 356. The maximum Gasteiger partial charge on any atom is 0.334 e. The predicted octanol–water partition coefficient (Wildman–Crippen LogP) is 3.52. The molecule has 0 radical (unpaired) electrons. The Balaban J connectivity index is 3.40. The molecule has 6 heteroatoms. The van der Waals surface area contributed by atoms with E-state index in [2.05, 4.69) is 11.7 Å². The summed E-state index contributed by atoms with van der Waals surface area (Å²) in [4.78, 5) is 22.6. The third-order valence-corrected chi connectivity index (χ3v) is 4.18. The second-order valence-corrected chi connectivity index (χ2v) is 6.93. The molecule has 2 atom stereocenters. The van der Waals surface area contributed by atoms with Gasteiger partial charge in [-0.2, -0.15) is 0 Å². The lowest BCUT2D eigenvalue weighted by Crippen LogP contribution is -2.28. The van der Waals surface area contributed by atoms with Crippen LogP contribution in [-0.2, 0) is 19.1 Å². The number of rotatable bonds is 17. The van der Waals surface area contributed by atoms with Gasteiger partial charge in [0, 0.05) is 6.42 Å². The smallest absolute Gasteiger partial charge is 0.334 e. The minimum absolute atomic E-state index is 0.204. The maximum atomic E-state index is 11.6. The van der Waals surface area contributed by atoms with Crippen LogP contribution >= 0.6 is 0 Å². The lowest BCUT2D eigenvalue weighted by molar-refractivity contribution is -0.158. The zero-order valence-electron chi connectivity index (χ0n) is 16.6. The average molecular weight is 375 g/mol. The molecule has 0 aromatic carbocycles. The molecule has 0 heterocycles. The van der Waals surface area contributed by atoms with Crippen LogP contribution in [0.2, 0.25) is 0 Å². The average Bonchev–Trinajstić information content (AvgIpc) is 2.62. The summed E-state index contributed by atoms with van der Waals surface area (Å²) in [6, 6.07) is 0. The third-order valence-electron chi connectivity index (χ3n) is 4.18. The van der Waals surface area contributed by atoms with Crippen LogP contribution in [0.25, 0.3) is 0 Å². The minimum atomic E-state index is -1.23. The largest absolute Gasteiger partial charge is 0.463 e. The molecule has 0 rings (SSSR count). The van der Waals surface area contributed by atoms with E-state index < -0.39 is 18.2 Å². The van der Waals surface area contributed by atoms with Crippen LogP contribution in [0.5, 0.6) is 0 Å². The van der Waals surface area contributed by atoms with Crippen LogP contribution in [-0.4, -0.2) is 47.6 Å². The van der Waals surface area contributed by atoms with Gasteiger partial charge in [0.25, 0.3) is 0 Å². The van der Waals surface area contributed by atoms with E-state index >= 15 is 0 Å². The first-order valence-corrected chi connectivity index (χ1v) is 10.2. The van der Waals surface area contributed by atoms with E-state index in [9.17, 15) is 14.7 Å². The fourth-order valence-electron chi connectivity index (χ4n) is 2.54. The first-order valence-electron chi connectivity index (χ1n) is 10.2. The van der Waals surface area contributed by atoms with Gasteiger partial charge >= 0.3 is 11.9 Å². The summed E-state index contributed by atoms with van der Waals surface area (Å²) >= 11 is 0. The summed E-state index contributed by atoms with van der Waals surface area (Å²) in [5.74, 6) is -1.15. The Labute approximate surface area is 158 Å². The van der Waals surface area contributed by atoms with Gasteiger partial charge in [0.05, 0.1) is 0 Å². The Kier molecular flexibility index (Phi) is 16.5. The van der Waals surface area contributed by atoms with E-state index in [1.807, 2.05) is 0 Å². The highest BCUT2D eigenvalue weighted by Gasteiger charge is 2.14. The molecule has 2 unspecified atom stereocenters. The molecule has 0 amide bonds. The van der Waals surface area contributed by atoms with Crippen LogP contribution in [0.4, 0.5) is 0 Å². The highest BCUT2D eigenvalue weighted by atomic mass is 16.6. The number of ether oxygens (including phenoxy) is 2. The minimum Gasteiger partial charge on any atom is -0.463 e. The van der Waals surface area contributed by atoms with Crippen molar-refractivity contribution in [3.05, 3.63) is 0 Å². The number of aliphatic hydroxyl groups is 2. The van der Waals surface area contributed by atoms with Crippen molar-refractivity contribution >= 4 is 11.9 Å². The van der Waals surface area contributed by atoms with E-state index in [4.69, 9.17) is 9.84 Å². The standard InChI is InChI=1S/C20H38O6/c1-3-4-5-6-7-8-9-10-11-12-13-14-19(23)25-15-18(22)16-26-20(24)17(2)21/h17-18,21-22H,3-16H2,1-2H3. The SMILES string of the molecule is CCCCCCCCCCCCCC(=O)OCC(O)COC(=O)C(C)O. The van der Waals surface area contributed by atoms with E-state index in [0.29, 0.717) is 6.42 Å². The fourth-order valence-corrected chi connectivity index (χ4v) is 2.54. The molecule has 0 bridgehead atoms. The van der Waals surface area contributed by atoms with Crippen molar-refractivity contribution < 1.29 is 29.3 Å². The topological polar surface area (TPSA) is 93.1 Å². The Hall–Kier alpha value is -1.14. The number of carbonyl (C=O) groups excluding carboxylic acids is 2. The van der Waals surface area contributed by atoms with Crippen LogP contribution in [0.3, 0.4) is 0 Å². The molecular formula is C20H38O6. The zero-order valence-corrected chi connectivity index (χ0v) is 16.6. The van der Waals surface area contributed by atoms with E-state index in [1.165, 1.54) is 58.3 Å². The first-order chi connectivity index (χ1) is 12.5. The second-order valence-electron chi connectivity index (χ2n) is 6.93. The van der Waals surface area contributed by atoms with Crippen molar-refractivity contribution in [2.75, 3.05) is 13.2 Å². The molecule has 0 fully saturated rings. The normalized spacial score (nSPS) is 13.2. The molecule has 2 N–H and O–H groups in total. The highest BCUT2D eigenvalue weighted by molar-refractivity contribution is 5.73. The highest BCUT2D eigenvalue weighted by Crippen LogP contribution is 2.12. The van der Waals surface area contributed by atoms with Gasteiger partial charge in [-0.25, -0.2) is 4.79 Å². The second kappa shape index (κ2) is 17.3. The predicted molar refractivity (Wildman–Crippen MR) is 101 cm³/mol. The van der Waals surface area contributed by atoms with Crippen LogP contribution in [0.1, 0.15) is 90.9 Å². The summed E-state index contributed by atoms with van der Waals surface area (Å²) in [5, 5.41) is 18.5. The molecule has 0 spiro atoms. The monoisotopic (exact) mass is 374 g/mol. The van der Waals surface area contributed by atoms with Crippen molar-refractivity contribution in [1.82, 2.24) is 0 Å². The molecule has 0 aliphatic rings. The van der Waals surface area contributed by atoms with Crippen molar-refractivity contribution in [2.24, 2.45) is 0 Å². The van der Waals surface area contributed by atoms with Crippen molar-refractivity contribution in [3.8, 4) is 0 Å². The van der Waals surface area contributed by atoms with Gasteiger partial charge in [-0.1, -0.05) is 71.1 Å². The first kappa shape index (κ1) is 24.9. The van der Waals surface area contributed by atoms with Gasteiger partial charge in [-0.05, 0) is 13.3 Å². The Morgan fingerprint density at radius 2 is 1.23 bits per heavy atom. The zero-order chi connectivity index (χ0) is 19.6. The fraction of sp³-hybridized carbons (Fsp3) is 0.900. The van der Waals surface area contributed by atoms with Gasteiger partial charge in [0.15, 0.2) is 0 Å². The number of carbonyl (C=O) groups is 2. The van der Waals surface area contributed by atoms with Crippen LogP contribution in [0, 0.1) is 0 Å². The van der Waals surface area contributed by atoms with Crippen LogP contribution < -0.4 is 0 Å². The van der Waals surface area contributed by atoms with Crippen molar-refractivity contribution in [2.45, 2.75) is 103 Å². The quantitative estimate of drug-likeness (QED) is 0.299. The summed E-state index contributed by atoms with van der Waals surface area (Å²) in [7, 11) is 0. The Morgan fingerprint density at radius 3 is 1.73 bits per heavy atom. The third kappa shape index (κ3) is 16.3. The number of esters is 2. The molecule has 0 saturated carbocycles. The maximum absolute atomic E-state index is 11.6. The van der Waals surface area contributed by atoms with E-state index in [0.717, 1.165) is 19.3 Å². The van der Waals surface area contributed by atoms with E-state index in [-0.39, 0.29) is 19.2 Å². The summed E-state index contributed by atoms with van der Waals surface area (Å²) in [6.45, 7) is 3.01. The molecule has 6 nitrogen and oxygen atoms in total. The molecule has 0 aliphatic carbocycles. The number of unbranched alkanes of at least 4 members (excludes halogenated alkanes) is 10. The van der Waals surface area contributed by atoms with Crippen LogP contribution in [0.15, 0.2) is 0 Å². The molecular weight excluding hydrogens is 336 g/mol. The molecule has 26 heavy (non-hydrogen) atoms. The van der Waals surface area contributed by atoms with Crippen molar-refractivity contribution in [1.29, 1.82) is 0 Å². The van der Waals surface area contributed by atoms with Gasteiger partial charge in [0.2, 0.25) is 0 Å². The lowest BCUT2D eigenvalue weighted by atomic mass is 10.1. The molecule has 0 saturated heterocycles. The summed E-state index contributed by atoms with van der Waals surface area (Å²) < 4.78 is 9.59. The summed E-state index contributed by atoms with van der Waals surface area (Å²) in [6.07, 6.45) is 11.5. The lowest BCUT2D eigenvalue weighted by Gasteiger charge is -2.12. The molecule has 0 aliphatic heterocycles. The Morgan fingerprint density at radius 1 is 0.769 bits per heavy atom. The molecule has 154 valence electrons. The summed E-state index contributed by atoms with van der Waals surface area (Å²) in [5.41, 5.74) is 0. The number of aliphatic hydroxyl groups excluding tert-OH is 2. The van der Waals surface area contributed by atoms with E-state index in [1.54, 1.807) is 0 Å². The molecule has 0 aromatic rings. The van der Waals surface area contributed by atoms with Crippen molar-refractivity contribution in [3.63, 3.8) is 0 Å².